The van der Waals surface area contributed by atoms with Gasteiger partial charge in [0.1, 0.15) is 0 Å². The van der Waals surface area contributed by atoms with Crippen LogP contribution < -0.4 is 9.47 Å². The van der Waals surface area contributed by atoms with Gasteiger partial charge in [-0.2, -0.15) is 0 Å². The van der Waals surface area contributed by atoms with Gasteiger partial charge in [0.2, 0.25) is 0 Å². The maximum atomic E-state index is 6.80. The van der Waals surface area contributed by atoms with Crippen LogP contribution in [0.4, 0.5) is 0 Å². The molecule has 7 aromatic carbocycles. The van der Waals surface area contributed by atoms with Gasteiger partial charge >= 0.3 is 0 Å². The number of rotatable bonds is 4. The number of aromatic nitrogens is 3. The number of hydrogen-bond donors (Lipinski definition) is 0. The monoisotopic (exact) mass is 657 g/mol. The highest BCUT2D eigenvalue weighted by atomic mass is 16.6. The average Bonchev–Trinajstić information content (AvgIpc) is 3.43. The molecule has 0 atom stereocenters. The zero-order valence-electron chi connectivity index (χ0n) is 28.1. The minimum atomic E-state index is -0.139. The Bertz CT molecular complexity index is 2680. The molecule has 0 N–H and O–H groups in total. The van der Waals surface area contributed by atoms with Gasteiger partial charge in [0.05, 0.1) is 0 Å². The highest BCUT2D eigenvalue weighted by molar-refractivity contribution is 5.89. The number of benzene rings is 7. The van der Waals surface area contributed by atoms with Crippen molar-refractivity contribution in [2.45, 2.75) is 19.3 Å². The first-order chi connectivity index (χ1) is 25.0. The summed E-state index contributed by atoms with van der Waals surface area (Å²) in [4.78, 5) is 15.2. The molecule has 5 nitrogen and oxygen atoms in total. The topological polar surface area (TPSA) is 57.1 Å². The van der Waals surface area contributed by atoms with Crippen LogP contribution in [0.3, 0.4) is 0 Å². The van der Waals surface area contributed by atoms with Crippen LogP contribution in [0, 0.1) is 0 Å². The second-order valence-electron chi connectivity index (χ2n) is 13.6. The highest BCUT2D eigenvalue weighted by Crippen LogP contribution is 2.58. The molecule has 0 saturated heterocycles. The molecular weight excluding hydrogens is 627 g/mol. The van der Waals surface area contributed by atoms with E-state index in [1.165, 1.54) is 22.1 Å². The first-order valence-electron chi connectivity index (χ1n) is 17.2. The molecular formula is C46H31N3O2. The maximum absolute atomic E-state index is 6.80. The smallest absolute Gasteiger partial charge is 0.178 e. The van der Waals surface area contributed by atoms with Crippen LogP contribution in [-0.2, 0) is 5.41 Å². The minimum Gasteiger partial charge on any atom is -0.449 e. The molecule has 51 heavy (non-hydrogen) atoms. The van der Waals surface area contributed by atoms with Crippen molar-refractivity contribution >= 4 is 10.8 Å². The summed E-state index contributed by atoms with van der Waals surface area (Å²) in [5, 5.41) is 2.30. The molecule has 1 aromatic heterocycles. The Labute approximate surface area is 295 Å². The van der Waals surface area contributed by atoms with E-state index in [0.29, 0.717) is 29.0 Å². The number of hydrogen-bond acceptors (Lipinski definition) is 5. The van der Waals surface area contributed by atoms with E-state index in [4.69, 9.17) is 24.4 Å². The van der Waals surface area contributed by atoms with Crippen molar-refractivity contribution in [3.05, 3.63) is 163 Å². The van der Waals surface area contributed by atoms with Crippen molar-refractivity contribution in [1.82, 2.24) is 15.0 Å². The lowest BCUT2D eigenvalue weighted by atomic mass is 9.82. The fourth-order valence-corrected chi connectivity index (χ4v) is 7.59. The van der Waals surface area contributed by atoms with Gasteiger partial charge in [-0.25, -0.2) is 15.0 Å². The summed E-state index contributed by atoms with van der Waals surface area (Å²) < 4.78 is 13.3. The Morgan fingerprint density at radius 3 is 1.90 bits per heavy atom. The summed E-state index contributed by atoms with van der Waals surface area (Å²) in [5.41, 5.74) is 9.39. The van der Waals surface area contributed by atoms with Crippen LogP contribution >= 0.6 is 0 Å². The molecule has 0 spiro atoms. The van der Waals surface area contributed by atoms with E-state index in [1.807, 2.05) is 54.6 Å². The van der Waals surface area contributed by atoms with Gasteiger partial charge in [0.25, 0.3) is 0 Å². The van der Waals surface area contributed by atoms with Crippen LogP contribution in [0.1, 0.15) is 25.0 Å². The summed E-state index contributed by atoms with van der Waals surface area (Å²) in [7, 11) is 0. The SMILES string of the molecule is CC1(C)c2ccccc2-c2c1ccc1c2Oc2cc(-c3ccccc3-c3nc(-c4ccccc4)nc(-c4ccc5ccccc5c4)n3)ccc2O1. The molecule has 10 rings (SSSR count). The van der Waals surface area contributed by atoms with Gasteiger partial charge in [-0.05, 0) is 62.9 Å². The third-order valence-electron chi connectivity index (χ3n) is 10.2. The molecule has 5 heteroatoms. The van der Waals surface area contributed by atoms with Crippen LogP contribution in [-0.4, -0.2) is 15.0 Å². The van der Waals surface area contributed by atoms with E-state index in [2.05, 4.69) is 111 Å². The molecule has 8 aromatic rings. The molecule has 242 valence electrons. The molecule has 0 unspecified atom stereocenters. The number of ether oxygens (including phenoxy) is 2. The minimum absolute atomic E-state index is 0.139. The fourth-order valence-electron chi connectivity index (χ4n) is 7.59. The van der Waals surface area contributed by atoms with E-state index >= 15 is 0 Å². The first-order valence-corrected chi connectivity index (χ1v) is 17.2. The van der Waals surface area contributed by atoms with Crippen LogP contribution in [0.2, 0.25) is 0 Å². The van der Waals surface area contributed by atoms with Gasteiger partial charge in [-0.15, -0.1) is 0 Å². The van der Waals surface area contributed by atoms with Crippen LogP contribution in [0.15, 0.2) is 152 Å². The lowest BCUT2D eigenvalue weighted by Gasteiger charge is -2.25. The molecule has 0 bridgehead atoms. The lowest BCUT2D eigenvalue weighted by molar-refractivity contribution is 0.360. The molecule has 2 aliphatic rings. The van der Waals surface area contributed by atoms with Gasteiger partial charge in [-0.1, -0.05) is 141 Å². The largest absolute Gasteiger partial charge is 0.449 e. The molecule has 0 fully saturated rings. The number of fused-ring (bicyclic) bond motifs is 7. The van der Waals surface area contributed by atoms with Crippen molar-refractivity contribution in [2.24, 2.45) is 0 Å². The Kier molecular flexibility index (Phi) is 6.46. The van der Waals surface area contributed by atoms with Crippen LogP contribution in [0.5, 0.6) is 23.0 Å². The third kappa shape index (κ3) is 4.73. The quantitative estimate of drug-likeness (QED) is 0.188. The summed E-state index contributed by atoms with van der Waals surface area (Å²) in [6.07, 6.45) is 0. The van der Waals surface area contributed by atoms with E-state index in [-0.39, 0.29) is 5.41 Å². The predicted octanol–water partition coefficient (Wildman–Crippen LogP) is 11.9. The first kappa shape index (κ1) is 29.3. The van der Waals surface area contributed by atoms with Crippen molar-refractivity contribution < 1.29 is 9.47 Å². The summed E-state index contributed by atoms with van der Waals surface area (Å²) in [6, 6.07) is 51.9. The second-order valence-corrected chi connectivity index (χ2v) is 13.6. The lowest BCUT2D eigenvalue weighted by Crippen LogP contribution is -2.15. The van der Waals surface area contributed by atoms with Crippen molar-refractivity contribution in [1.29, 1.82) is 0 Å². The standard InChI is InChI=1S/C46H31N3O2/c1-46(2)36-19-11-10-18-35(36)41-37(46)23-25-39-42(41)51-40-27-31(22-24-38(40)50-39)33-16-8-9-17-34(33)45-48-43(29-13-4-3-5-14-29)47-44(49-45)32-21-20-28-12-6-7-15-30(28)26-32/h3-27H,1-2H3. The summed E-state index contributed by atoms with van der Waals surface area (Å²) in [5.74, 6) is 4.67. The van der Waals surface area contributed by atoms with Crippen molar-refractivity contribution in [3.8, 4) is 79.4 Å². The molecule has 0 amide bonds. The van der Waals surface area contributed by atoms with Crippen molar-refractivity contribution in [3.63, 3.8) is 0 Å². The third-order valence-corrected chi connectivity index (χ3v) is 10.2. The van der Waals surface area contributed by atoms with E-state index in [0.717, 1.165) is 50.3 Å². The van der Waals surface area contributed by atoms with Gasteiger partial charge in [-0.3, -0.25) is 0 Å². The summed E-state index contributed by atoms with van der Waals surface area (Å²) in [6.45, 7) is 4.54. The molecule has 1 aliphatic carbocycles. The Morgan fingerprint density at radius 1 is 0.412 bits per heavy atom. The summed E-state index contributed by atoms with van der Waals surface area (Å²) >= 11 is 0. The zero-order valence-corrected chi connectivity index (χ0v) is 28.1. The van der Waals surface area contributed by atoms with Gasteiger partial charge in [0.15, 0.2) is 40.5 Å². The molecule has 1 aliphatic heterocycles. The number of nitrogens with zero attached hydrogens (tertiary/aromatic N) is 3. The van der Waals surface area contributed by atoms with E-state index < -0.39 is 0 Å². The molecule has 0 saturated carbocycles. The maximum Gasteiger partial charge on any atom is 0.178 e. The molecule has 2 heterocycles. The predicted molar refractivity (Wildman–Crippen MR) is 203 cm³/mol. The fraction of sp³-hybridized carbons (Fsp3) is 0.0652. The molecule has 0 radical (unpaired) electrons. The normalized spacial score (nSPS) is 13.4. The zero-order chi connectivity index (χ0) is 34.1. The Hall–Kier alpha value is -6.59. The van der Waals surface area contributed by atoms with Gasteiger partial charge in [0, 0.05) is 27.7 Å². The Balaban J connectivity index is 1.09. The van der Waals surface area contributed by atoms with Crippen LogP contribution in [0.25, 0.3) is 67.2 Å². The van der Waals surface area contributed by atoms with Crippen molar-refractivity contribution in [2.75, 3.05) is 0 Å². The average molecular weight is 658 g/mol. The Morgan fingerprint density at radius 2 is 1.06 bits per heavy atom. The van der Waals surface area contributed by atoms with Gasteiger partial charge < -0.3 is 9.47 Å². The van der Waals surface area contributed by atoms with E-state index in [9.17, 15) is 0 Å². The second kappa shape index (κ2) is 11.2. The highest BCUT2D eigenvalue weighted by Gasteiger charge is 2.39. The van der Waals surface area contributed by atoms with E-state index in [1.54, 1.807) is 0 Å².